The summed E-state index contributed by atoms with van der Waals surface area (Å²) in [6.45, 7) is 12.5. The summed E-state index contributed by atoms with van der Waals surface area (Å²) in [4.78, 5) is 4.27. The van der Waals surface area contributed by atoms with Crippen molar-refractivity contribution in [2.24, 2.45) is 0 Å². The van der Waals surface area contributed by atoms with E-state index in [0.717, 1.165) is 16.8 Å². The maximum absolute atomic E-state index is 13.8. The van der Waals surface area contributed by atoms with Gasteiger partial charge in [-0.25, -0.2) is 4.39 Å². The Morgan fingerprint density at radius 2 is 1.38 bits per heavy atom. The zero-order valence-electron chi connectivity index (χ0n) is 11.1. The van der Waals surface area contributed by atoms with Gasteiger partial charge in [0.2, 0.25) is 0 Å². The van der Waals surface area contributed by atoms with Crippen molar-refractivity contribution < 1.29 is 4.39 Å². The monoisotopic (exact) mass is 223 g/mol. The van der Waals surface area contributed by atoms with Crippen LogP contribution in [0, 0.1) is 5.82 Å². The molecule has 1 rings (SSSR count). The van der Waals surface area contributed by atoms with Gasteiger partial charge in [0.25, 0.3) is 0 Å². The van der Waals surface area contributed by atoms with Crippen LogP contribution < -0.4 is 0 Å². The molecule has 0 aromatic carbocycles. The van der Waals surface area contributed by atoms with Gasteiger partial charge in [0.15, 0.2) is 0 Å². The molecule has 0 bridgehead atoms. The number of nitrogens with zero attached hydrogens (tertiary/aromatic N) is 1. The molecular formula is C14H22FN. The second-order valence-corrected chi connectivity index (χ2v) is 5.28. The highest BCUT2D eigenvalue weighted by atomic mass is 19.1. The van der Waals surface area contributed by atoms with Crippen molar-refractivity contribution in [3.05, 3.63) is 28.8 Å². The number of rotatable bonds is 3. The number of pyridine rings is 1. The van der Waals surface area contributed by atoms with Crippen molar-refractivity contribution in [2.75, 3.05) is 0 Å². The normalized spacial score (nSPS) is 11.9. The lowest BCUT2D eigenvalue weighted by Crippen LogP contribution is -2.10. The molecule has 0 N–H and O–H groups in total. The van der Waals surface area contributed by atoms with E-state index in [1.54, 1.807) is 0 Å². The molecule has 0 aliphatic heterocycles. The highest BCUT2D eigenvalue weighted by Crippen LogP contribution is 2.33. The van der Waals surface area contributed by atoms with Gasteiger partial charge >= 0.3 is 0 Å². The molecule has 0 aliphatic carbocycles. The summed E-state index contributed by atoms with van der Waals surface area (Å²) in [5.74, 6) is 0.703. The third-order valence-electron chi connectivity index (χ3n) is 2.84. The molecule has 2 heteroatoms. The Bertz CT molecular complexity index is 367. The zero-order chi connectivity index (χ0) is 12.5. The lowest BCUT2D eigenvalue weighted by atomic mass is 9.86. The summed E-state index contributed by atoms with van der Waals surface area (Å²) in [7, 11) is 0. The standard InChI is InChI=1S/C14H22FN/c1-8(2)12-11(15)7-16-14(10(5)6)13(12)9(3)4/h7-10H,1-6H3. The lowest BCUT2D eigenvalue weighted by Gasteiger charge is -2.21. The molecule has 0 saturated carbocycles. The second kappa shape index (κ2) is 4.94. The molecule has 0 amide bonds. The summed E-state index contributed by atoms with van der Waals surface area (Å²) in [5, 5.41) is 0. The molecule has 0 fully saturated rings. The summed E-state index contributed by atoms with van der Waals surface area (Å²) in [6, 6.07) is 0. The van der Waals surface area contributed by atoms with Gasteiger partial charge in [-0.15, -0.1) is 0 Å². The Kier molecular flexibility index (Phi) is 4.06. The first-order valence-corrected chi connectivity index (χ1v) is 6.04. The van der Waals surface area contributed by atoms with E-state index in [0.29, 0.717) is 11.8 Å². The first-order chi connectivity index (χ1) is 7.36. The van der Waals surface area contributed by atoms with Crippen LogP contribution in [0.3, 0.4) is 0 Å². The van der Waals surface area contributed by atoms with Crippen molar-refractivity contribution in [3.8, 4) is 0 Å². The molecule has 0 unspecified atom stereocenters. The van der Waals surface area contributed by atoms with E-state index in [-0.39, 0.29) is 11.7 Å². The van der Waals surface area contributed by atoms with Crippen molar-refractivity contribution >= 4 is 0 Å². The van der Waals surface area contributed by atoms with Gasteiger partial charge in [-0.1, -0.05) is 41.5 Å². The molecule has 16 heavy (non-hydrogen) atoms. The Morgan fingerprint density at radius 3 is 1.75 bits per heavy atom. The Labute approximate surface area is 98.1 Å². The molecule has 1 heterocycles. The first kappa shape index (κ1) is 13.1. The second-order valence-electron chi connectivity index (χ2n) is 5.28. The van der Waals surface area contributed by atoms with Gasteiger partial charge in [-0.2, -0.15) is 0 Å². The average molecular weight is 223 g/mol. The van der Waals surface area contributed by atoms with Crippen molar-refractivity contribution in [1.29, 1.82) is 0 Å². The van der Waals surface area contributed by atoms with E-state index < -0.39 is 0 Å². The number of hydrogen-bond acceptors (Lipinski definition) is 1. The van der Waals surface area contributed by atoms with Crippen LogP contribution in [0.1, 0.15) is 76.1 Å². The average Bonchev–Trinajstić information content (AvgIpc) is 2.15. The van der Waals surface area contributed by atoms with E-state index in [1.807, 2.05) is 13.8 Å². The fourth-order valence-corrected chi connectivity index (χ4v) is 2.19. The maximum Gasteiger partial charge on any atom is 0.145 e. The third-order valence-corrected chi connectivity index (χ3v) is 2.84. The molecule has 0 spiro atoms. The predicted molar refractivity (Wildman–Crippen MR) is 66.5 cm³/mol. The third kappa shape index (κ3) is 2.42. The van der Waals surface area contributed by atoms with Gasteiger partial charge in [0.1, 0.15) is 5.82 Å². The minimum atomic E-state index is -0.164. The quantitative estimate of drug-likeness (QED) is 0.730. The molecule has 0 atom stereocenters. The Hall–Kier alpha value is -0.920. The molecule has 0 radical (unpaired) electrons. The molecular weight excluding hydrogens is 201 g/mol. The van der Waals surface area contributed by atoms with Crippen LogP contribution in [0.5, 0.6) is 0 Å². The van der Waals surface area contributed by atoms with Crippen LogP contribution in [-0.2, 0) is 0 Å². The summed E-state index contributed by atoms with van der Waals surface area (Å²) < 4.78 is 13.8. The van der Waals surface area contributed by atoms with Crippen LogP contribution in [-0.4, -0.2) is 4.98 Å². The number of hydrogen-bond donors (Lipinski definition) is 0. The van der Waals surface area contributed by atoms with Crippen LogP contribution in [0.15, 0.2) is 6.20 Å². The molecule has 1 aromatic rings. The predicted octanol–water partition coefficient (Wildman–Crippen LogP) is 4.59. The highest BCUT2D eigenvalue weighted by Gasteiger charge is 2.21. The number of halogens is 1. The van der Waals surface area contributed by atoms with Crippen LogP contribution >= 0.6 is 0 Å². The van der Waals surface area contributed by atoms with Gasteiger partial charge < -0.3 is 0 Å². The first-order valence-electron chi connectivity index (χ1n) is 6.04. The van der Waals surface area contributed by atoms with E-state index >= 15 is 0 Å². The maximum atomic E-state index is 13.8. The van der Waals surface area contributed by atoms with Gasteiger partial charge in [0, 0.05) is 5.69 Å². The van der Waals surface area contributed by atoms with E-state index in [4.69, 9.17) is 0 Å². The number of aromatic nitrogens is 1. The lowest BCUT2D eigenvalue weighted by molar-refractivity contribution is 0.574. The molecule has 0 saturated heterocycles. The summed E-state index contributed by atoms with van der Waals surface area (Å²) >= 11 is 0. The van der Waals surface area contributed by atoms with Gasteiger partial charge in [-0.3, -0.25) is 4.98 Å². The minimum absolute atomic E-state index is 0.164. The summed E-state index contributed by atoms with van der Waals surface area (Å²) in [6.07, 6.45) is 1.37. The highest BCUT2D eigenvalue weighted by molar-refractivity contribution is 5.37. The van der Waals surface area contributed by atoms with Crippen molar-refractivity contribution in [1.82, 2.24) is 4.98 Å². The molecule has 1 aromatic heterocycles. The van der Waals surface area contributed by atoms with Gasteiger partial charge in [-0.05, 0) is 28.9 Å². The van der Waals surface area contributed by atoms with Crippen LogP contribution in [0.4, 0.5) is 4.39 Å². The largest absolute Gasteiger partial charge is 0.258 e. The van der Waals surface area contributed by atoms with Crippen LogP contribution in [0.25, 0.3) is 0 Å². The Morgan fingerprint density at radius 1 is 0.875 bits per heavy atom. The SMILES string of the molecule is CC(C)c1ncc(F)c(C(C)C)c1C(C)C. The topological polar surface area (TPSA) is 12.9 Å². The van der Waals surface area contributed by atoms with Crippen molar-refractivity contribution in [2.45, 2.75) is 59.3 Å². The molecule has 90 valence electrons. The van der Waals surface area contributed by atoms with E-state index in [1.165, 1.54) is 6.20 Å². The van der Waals surface area contributed by atoms with E-state index in [9.17, 15) is 4.39 Å². The fraction of sp³-hybridized carbons (Fsp3) is 0.643. The molecule has 1 nitrogen and oxygen atoms in total. The minimum Gasteiger partial charge on any atom is -0.258 e. The van der Waals surface area contributed by atoms with E-state index in [2.05, 4.69) is 32.7 Å². The van der Waals surface area contributed by atoms with Gasteiger partial charge in [0.05, 0.1) is 6.20 Å². The smallest absolute Gasteiger partial charge is 0.145 e. The molecule has 0 aliphatic rings. The fourth-order valence-electron chi connectivity index (χ4n) is 2.19. The van der Waals surface area contributed by atoms with Crippen LogP contribution in [0.2, 0.25) is 0 Å². The zero-order valence-corrected chi connectivity index (χ0v) is 11.1. The summed E-state index contributed by atoms with van der Waals surface area (Å²) in [5.41, 5.74) is 2.99. The Balaban J connectivity index is 3.50. The van der Waals surface area contributed by atoms with Crippen molar-refractivity contribution in [3.63, 3.8) is 0 Å².